The van der Waals surface area contributed by atoms with Crippen molar-refractivity contribution in [3.05, 3.63) is 23.6 Å². The van der Waals surface area contributed by atoms with E-state index in [4.69, 9.17) is 5.73 Å². The van der Waals surface area contributed by atoms with E-state index in [1.165, 1.54) is 43.2 Å². The molecule has 2 aliphatic heterocycles. The molecule has 140 valence electrons. The molecule has 1 atom stereocenters. The van der Waals surface area contributed by atoms with Gasteiger partial charge in [-0.1, -0.05) is 19.3 Å². The van der Waals surface area contributed by atoms with Gasteiger partial charge in [0.1, 0.15) is 11.7 Å². The normalized spacial score (nSPS) is 28.5. The van der Waals surface area contributed by atoms with Crippen LogP contribution in [0.2, 0.25) is 0 Å². The van der Waals surface area contributed by atoms with Gasteiger partial charge in [-0.15, -0.1) is 0 Å². The second kappa shape index (κ2) is 6.95. The Bertz CT molecular complexity index is 700. The van der Waals surface area contributed by atoms with Crippen molar-refractivity contribution in [2.24, 2.45) is 16.8 Å². The first kappa shape index (κ1) is 17.4. The summed E-state index contributed by atoms with van der Waals surface area (Å²) < 4.78 is 13.7. The predicted octanol–water partition coefficient (Wildman–Crippen LogP) is 1.88. The minimum atomic E-state index is -0.844. The zero-order valence-corrected chi connectivity index (χ0v) is 14.9. The van der Waals surface area contributed by atoms with Crippen molar-refractivity contribution >= 4 is 17.5 Å². The maximum atomic E-state index is 13.7. The smallest absolute Gasteiger partial charge is 0.256 e. The minimum absolute atomic E-state index is 0.00380. The molecule has 1 saturated heterocycles. The first-order chi connectivity index (χ1) is 12.5. The number of primary amides is 1. The van der Waals surface area contributed by atoms with Gasteiger partial charge in [0.25, 0.3) is 5.91 Å². The Kier molecular flexibility index (Phi) is 4.65. The first-order valence-electron chi connectivity index (χ1n) is 9.59. The number of fused-ring (bicyclic) bond motifs is 1. The summed E-state index contributed by atoms with van der Waals surface area (Å²) >= 11 is 0. The third kappa shape index (κ3) is 3.09. The number of carbonyl (C=O) groups excluding carboxylic acids is 2. The van der Waals surface area contributed by atoms with Gasteiger partial charge in [0.05, 0.1) is 11.8 Å². The van der Waals surface area contributed by atoms with E-state index < -0.39 is 17.7 Å². The highest BCUT2D eigenvalue weighted by molar-refractivity contribution is 6.21. The topological polar surface area (TPSA) is 79.0 Å². The minimum Gasteiger partial charge on any atom is -0.366 e. The second-order valence-corrected chi connectivity index (χ2v) is 7.69. The van der Waals surface area contributed by atoms with E-state index in [9.17, 15) is 14.0 Å². The van der Waals surface area contributed by atoms with Crippen molar-refractivity contribution in [1.29, 1.82) is 0 Å². The first-order valence-corrected chi connectivity index (χ1v) is 9.59. The number of carbonyl (C=O) groups is 2. The lowest BCUT2D eigenvalue weighted by molar-refractivity contribution is -0.135. The SMILES string of the molecule is NC(=O)C1=CC(F)=CC2=NN(C3CCN(C4CCCCC4)CC3)C(=O)C12. The molecule has 6 nitrogen and oxygen atoms in total. The Morgan fingerprint density at radius 1 is 1.08 bits per heavy atom. The lowest BCUT2D eigenvalue weighted by Gasteiger charge is -2.40. The fourth-order valence-corrected chi connectivity index (χ4v) is 4.73. The van der Waals surface area contributed by atoms with Crippen LogP contribution in [0.15, 0.2) is 28.7 Å². The Labute approximate surface area is 152 Å². The number of halogens is 1. The molecule has 1 unspecified atom stereocenters. The molecule has 2 amide bonds. The van der Waals surface area contributed by atoms with Crippen LogP contribution in [0.3, 0.4) is 0 Å². The van der Waals surface area contributed by atoms with Crippen LogP contribution in [-0.4, -0.2) is 52.6 Å². The molecule has 0 radical (unpaired) electrons. The van der Waals surface area contributed by atoms with Gasteiger partial charge in [0.15, 0.2) is 0 Å². The fraction of sp³-hybridized carbons (Fsp3) is 0.632. The summed E-state index contributed by atoms with van der Waals surface area (Å²) in [7, 11) is 0. The zero-order chi connectivity index (χ0) is 18.3. The number of rotatable bonds is 3. The summed E-state index contributed by atoms with van der Waals surface area (Å²) in [4.78, 5) is 27.0. The van der Waals surface area contributed by atoms with Crippen LogP contribution in [0, 0.1) is 5.92 Å². The van der Waals surface area contributed by atoms with Crippen molar-refractivity contribution in [2.45, 2.75) is 57.0 Å². The Morgan fingerprint density at radius 3 is 2.42 bits per heavy atom. The lowest BCUT2D eigenvalue weighted by Crippen LogP contribution is -2.48. The molecule has 0 spiro atoms. The van der Waals surface area contributed by atoms with E-state index in [2.05, 4.69) is 10.0 Å². The molecule has 2 fully saturated rings. The number of allylic oxidation sites excluding steroid dienone is 3. The maximum absolute atomic E-state index is 13.7. The van der Waals surface area contributed by atoms with Gasteiger partial charge in [-0.2, -0.15) is 5.10 Å². The molecule has 2 heterocycles. The number of hydrazone groups is 1. The quantitative estimate of drug-likeness (QED) is 0.835. The fourth-order valence-electron chi connectivity index (χ4n) is 4.73. The zero-order valence-electron chi connectivity index (χ0n) is 14.9. The average Bonchev–Trinajstić information content (AvgIpc) is 2.98. The highest BCUT2D eigenvalue weighted by Gasteiger charge is 2.44. The maximum Gasteiger partial charge on any atom is 0.256 e. The standard InChI is InChI=1S/C19H25FN4O2/c20-12-10-15(18(21)25)17-16(11-12)22-24(19(17)26)14-6-8-23(9-7-14)13-4-2-1-3-5-13/h10-11,13-14,17H,1-9H2,(H2,21,25). The molecule has 1 saturated carbocycles. The highest BCUT2D eigenvalue weighted by atomic mass is 19.1. The number of likely N-dealkylation sites (tertiary alicyclic amines) is 1. The van der Waals surface area contributed by atoms with Gasteiger partial charge in [0, 0.05) is 24.7 Å². The summed E-state index contributed by atoms with van der Waals surface area (Å²) in [6, 6.07) is 0.681. The van der Waals surface area contributed by atoms with E-state index in [0.29, 0.717) is 11.8 Å². The molecule has 7 heteroatoms. The van der Waals surface area contributed by atoms with Crippen LogP contribution < -0.4 is 5.73 Å². The van der Waals surface area contributed by atoms with Crippen molar-refractivity contribution in [3.8, 4) is 0 Å². The Hall–Kier alpha value is -2.02. The molecule has 4 rings (SSSR count). The molecule has 2 N–H and O–H groups in total. The number of amides is 2. The van der Waals surface area contributed by atoms with Crippen LogP contribution in [0.1, 0.15) is 44.9 Å². The van der Waals surface area contributed by atoms with Gasteiger partial charge < -0.3 is 10.6 Å². The molecule has 0 bridgehead atoms. The molecule has 0 aromatic rings. The van der Waals surface area contributed by atoms with Crippen LogP contribution in [-0.2, 0) is 9.59 Å². The molecule has 2 aliphatic carbocycles. The molecular weight excluding hydrogens is 335 g/mol. The number of hydrogen-bond donors (Lipinski definition) is 1. The van der Waals surface area contributed by atoms with Gasteiger partial charge in [0.2, 0.25) is 5.91 Å². The monoisotopic (exact) mass is 360 g/mol. The van der Waals surface area contributed by atoms with Crippen molar-refractivity contribution in [1.82, 2.24) is 9.91 Å². The largest absolute Gasteiger partial charge is 0.366 e. The van der Waals surface area contributed by atoms with Crippen molar-refractivity contribution < 1.29 is 14.0 Å². The highest BCUT2D eigenvalue weighted by Crippen LogP contribution is 2.33. The summed E-state index contributed by atoms with van der Waals surface area (Å²) in [5.74, 6) is -2.46. The van der Waals surface area contributed by atoms with Gasteiger partial charge >= 0.3 is 0 Å². The summed E-state index contributed by atoms with van der Waals surface area (Å²) in [5.41, 5.74) is 5.63. The van der Waals surface area contributed by atoms with E-state index in [1.54, 1.807) is 0 Å². The van der Waals surface area contributed by atoms with E-state index in [0.717, 1.165) is 32.0 Å². The number of hydrogen-bond acceptors (Lipinski definition) is 4. The molecule has 26 heavy (non-hydrogen) atoms. The van der Waals surface area contributed by atoms with Gasteiger partial charge in [-0.05, 0) is 37.8 Å². The van der Waals surface area contributed by atoms with E-state index in [1.807, 2.05) is 0 Å². The third-order valence-electron chi connectivity index (χ3n) is 6.10. The van der Waals surface area contributed by atoms with E-state index >= 15 is 0 Å². The molecular formula is C19H25FN4O2. The molecule has 0 aromatic carbocycles. The van der Waals surface area contributed by atoms with Crippen LogP contribution in [0.25, 0.3) is 0 Å². The number of nitrogens with two attached hydrogens (primary N) is 1. The molecule has 0 aromatic heterocycles. The van der Waals surface area contributed by atoms with Gasteiger partial charge in [-0.25, -0.2) is 9.40 Å². The average molecular weight is 360 g/mol. The Balaban J connectivity index is 1.44. The van der Waals surface area contributed by atoms with Crippen molar-refractivity contribution in [3.63, 3.8) is 0 Å². The van der Waals surface area contributed by atoms with E-state index in [-0.39, 0.29) is 17.5 Å². The van der Waals surface area contributed by atoms with Crippen LogP contribution in [0.5, 0.6) is 0 Å². The van der Waals surface area contributed by atoms with Crippen molar-refractivity contribution in [2.75, 3.05) is 13.1 Å². The Morgan fingerprint density at radius 2 is 1.77 bits per heavy atom. The summed E-state index contributed by atoms with van der Waals surface area (Å²) in [6.07, 6.45) is 10.5. The predicted molar refractivity (Wildman–Crippen MR) is 95.7 cm³/mol. The second-order valence-electron chi connectivity index (χ2n) is 7.69. The summed E-state index contributed by atoms with van der Waals surface area (Å²) in [5, 5.41) is 5.83. The van der Waals surface area contributed by atoms with Gasteiger partial charge in [-0.3, -0.25) is 9.59 Å². The number of piperidine rings is 1. The lowest BCUT2D eigenvalue weighted by atomic mass is 9.88. The number of nitrogens with zero attached hydrogens (tertiary/aromatic N) is 3. The third-order valence-corrected chi connectivity index (χ3v) is 6.10. The summed E-state index contributed by atoms with van der Waals surface area (Å²) in [6.45, 7) is 1.91. The van der Waals surface area contributed by atoms with Crippen LogP contribution in [0.4, 0.5) is 4.39 Å². The van der Waals surface area contributed by atoms with Crippen LogP contribution >= 0.6 is 0 Å². The molecule has 4 aliphatic rings.